The van der Waals surface area contributed by atoms with Crippen molar-refractivity contribution in [1.29, 1.82) is 0 Å². The van der Waals surface area contributed by atoms with Crippen LogP contribution in [0.15, 0.2) is 67.8 Å². The van der Waals surface area contributed by atoms with Gasteiger partial charge in [0.25, 0.3) is 0 Å². The summed E-state index contributed by atoms with van der Waals surface area (Å²) in [6, 6.07) is 9.40. The molecule has 10 nitrogen and oxygen atoms in total. The summed E-state index contributed by atoms with van der Waals surface area (Å²) in [4.78, 5) is 25.3. The van der Waals surface area contributed by atoms with E-state index in [0.717, 1.165) is 35.6 Å². The lowest BCUT2D eigenvalue weighted by Crippen LogP contribution is -2.29. The second-order valence-corrected chi connectivity index (χ2v) is 8.49. The van der Waals surface area contributed by atoms with Gasteiger partial charge in [-0.05, 0) is 50.0 Å². The van der Waals surface area contributed by atoms with Crippen LogP contribution in [0.25, 0.3) is 16.8 Å². The number of amides is 1. The third-order valence-corrected chi connectivity index (χ3v) is 5.67. The lowest BCUT2D eigenvalue weighted by molar-refractivity contribution is -0.111. The molecule has 0 fully saturated rings. The minimum Gasteiger partial charge on any atom is -0.494 e. The van der Waals surface area contributed by atoms with Crippen LogP contribution in [0.4, 0.5) is 22.9 Å². The minimum absolute atomic E-state index is 0.297. The number of methoxy groups -OCH3 is 1. The summed E-state index contributed by atoms with van der Waals surface area (Å²) in [5.41, 5.74) is 4.68. The molecule has 1 amide bonds. The second-order valence-electron chi connectivity index (χ2n) is 8.49. The first-order valence-corrected chi connectivity index (χ1v) is 11.4. The van der Waals surface area contributed by atoms with E-state index >= 15 is 0 Å². The molecule has 0 unspecified atom stereocenters. The van der Waals surface area contributed by atoms with Crippen molar-refractivity contribution < 1.29 is 9.53 Å². The molecule has 0 spiro atoms. The summed E-state index contributed by atoms with van der Waals surface area (Å²) < 4.78 is 7.43. The normalized spacial score (nSPS) is 10.9. The van der Waals surface area contributed by atoms with Gasteiger partial charge in [0, 0.05) is 50.4 Å². The smallest absolute Gasteiger partial charge is 0.247 e. The number of anilines is 4. The van der Waals surface area contributed by atoms with Gasteiger partial charge in [0.15, 0.2) is 5.65 Å². The molecule has 1 aromatic carbocycles. The number of hydrogen-bond donors (Lipinski definition) is 2. The first-order valence-electron chi connectivity index (χ1n) is 11.4. The molecule has 0 aliphatic heterocycles. The van der Waals surface area contributed by atoms with E-state index < -0.39 is 0 Å². The number of aromatic nitrogens is 4. The molecule has 0 aliphatic rings. The lowest BCUT2D eigenvalue weighted by Gasteiger charge is -2.26. The number of rotatable bonds is 10. The van der Waals surface area contributed by atoms with Crippen LogP contribution < -0.4 is 20.3 Å². The molecule has 3 aromatic heterocycles. The summed E-state index contributed by atoms with van der Waals surface area (Å²) in [5, 5.41) is 10.6. The van der Waals surface area contributed by atoms with Crippen molar-refractivity contribution in [2.24, 2.45) is 0 Å². The highest BCUT2D eigenvalue weighted by Crippen LogP contribution is 2.38. The molecule has 0 bridgehead atoms. The van der Waals surface area contributed by atoms with Gasteiger partial charge in [-0.25, -0.2) is 14.5 Å². The van der Waals surface area contributed by atoms with E-state index in [1.807, 2.05) is 57.7 Å². The quantitative estimate of drug-likeness (QED) is 0.328. The minimum atomic E-state index is -0.297. The van der Waals surface area contributed by atoms with Gasteiger partial charge in [-0.15, -0.1) is 0 Å². The number of benzene rings is 1. The lowest BCUT2D eigenvalue weighted by atomic mass is 10.1. The molecule has 36 heavy (non-hydrogen) atoms. The Morgan fingerprint density at radius 3 is 2.72 bits per heavy atom. The Balaban J connectivity index is 1.69. The monoisotopic (exact) mass is 486 g/mol. The van der Waals surface area contributed by atoms with Crippen LogP contribution in [0, 0.1) is 0 Å². The summed E-state index contributed by atoms with van der Waals surface area (Å²) in [7, 11) is 7.63. The van der Waals surface area contributed by atoms with Crippen LogP contribution in [-0.4, -0.2) is 71.7 Å². The molecule has 0 saturated heterocycles. The zero-order valence-electron chi connectivity index (χ0n) is 20.9. The molecule has 2 N–H and O–H groups in total. The molecule has 4 rings (SSSR count). The molecule has 4 aromatic rings. The second kappa shape index (κ2) is 10.9. The van der Waals surface area contributed by atoms with E-state index in [2.05, 4.69) is 42.1 Å². The highest BCUT2D eigenvalue weighted by atomic mass is 16.5. The van der Waals surface area contributed by atoms with Gasteiger partial charge in [-0.2, -0.15) is 5.10 Å². The number of carbonyl (C=O) groups excluding carboxylic acids is 1. The predicted molar refractivity (Wildman–Crippen MR) is 143 cm³/mol. The van der Waals surface area contributed by atoms with Crippen LogP contribution >= 0.6 is 0 Å². The van der Waals surface area contributed by atoms with Gasteiger partial charge < -0.3 is 25.2 Å². The number of nitrogens with zero attached hydrogens (tertiary/aromatic N) is 6. The average molecular weight is 487 g/mol. The zero-order chi connectivity index (χ0) is 25.7. The average Bonchev–Trinajstić information content (AvgIpc) is 3.32. The van der Waals surface area contributed by atoms with Crippen LogP contribution in [0.5, 0.6) is 5.75 Å². The summed E-state index contributed by atoms with van der Waals surface area (Å²) >= 11 is 0. The van der Waals surface area contributed by atoms with Crippen molar-refractivity contribution in [2.75, 3.05) is 56.9 Å². The molecule has 0 saturated carbocycles. The topological polar surface area (TPSA) is 99.9 Å². The van der Waals surface area contributed by atoms with Gasteiger partial charge in [-0.3, -0.25) is 4.79 Å². The molecule has 0 aliphatic carbocycles. The highest BCUT2D eigenvalue weighted by Gasteiger charge is 2.17. The number of nitrogens with one attached hydrogen (secondary N) is 2. The van der Waals surface area contributed by atoms with Gasteiger partial charge in [0.05, 0.1) is 30.4 Å². The molecule has 10 heteroatoms. The van der Waals surface area contributed by atoms with Gasteiger partial charge in [0.1, 0.15) is 11.6 Å². The third-order valence-electron chi connectivity index (χ3n) is 5.67. The molecule has 186 valence electrons. The standard InChI is InChI=1S/C26H30N8O2/c1-6-25(35)31-20-15-21(23(36-5)16-22(20)33(4)13-12-32(2)3)30-24-14-18(8-10-27-24)19-17-29-34-11-7-9-28-26(19)34/h6-11,14-17H,1,12-13H2,2-5H3,(H,27,30)(H,31,35). The van der Waals surface area contributed by atoms with E-state index in [0.29, 0.717) is 22.9 Å². The number of carbonyl (C=O) groups is 1. The predicted octanol–water partition coefficient (Wildman–Crippen LogP) is 3.67. The Labute approximate surface area is 210 Å². The van der Waals surface area contributed by atoms with Gasteiger partial charge in [0.2, 0.25) is 5.91 Å². The Morgan fingerprint density at radius 2 is 1.97 bits per heavy atom. The summed E-state index contributed by atoms with van der Waals surface area (Å²) in [5.74, 6) is 0.924. The van der Waals surface area contributed by atoms with Crippen LogP contribution in [0.3, 0.4) is 0 Å². The highest BCUT2D eigenvalue weighted by molar-refractivity contribution is 6.02. The molecule has 0 atom stereocenters. The van der Waals surface area contributed by atoms with Crippen molar-refractivity contribution in [3.05, 3.63) is 67.8 Å². The fourth-order valence-corrected chi connectivity index (χ4v) is 3.74. The van der Waals surface area contributed by atoms with Crippen molar-refractivity contribution >= 4 is 34.4 Å². The number of ether oxygens (including phenoxy) is 1. The van der Waals surface area contributed by atoms with Crippen molar-refractivity contribution in [3.8, 4) is 16.9 Å². The fourth-order valence-electron chi connectivity index (χ4n) is 3.74. The van der Waals surface area contributed by atoms with Crippen molar-refractivity contribution in [1.82, 2.24) is 24.5 Å². The maximum Gasteiger partial charge on any atom is 0.247 e. The number of pyridine rings is 1. The van der Waals surface area contributed by atoms with Crippen LogP contribution in [0.2, 0.25) is 0 Å². The Bertz CT molecular complexity index is 1380. The summed E-state index contributed by atoms with van der Waals surface area (Å²) in [6.07, 6.45) is 8.34. The maximum absolute atomic E-state index is 12.2. The van der Waals surface area contributed by atoms with E-state index in [-0.39, 0.29) is 5.91 Å². The Morgan fingerprint density at radius 1 is 1.14 bits per heavy atom. The van der Waals surface area contributed by atoms with E-state index in [1.165, 1.54) is 6.08 Å². The van der Waals surface area contributed by atoms with E-state index in [4.69, 9.17) is 4.74 Å². The summed E-state index contributed by atoms with van der Waals surface area (Å²) in [6.45, 7) is 5.19. The molecular weight excluding hydrogens is 456 g/mol. The Kier molecular flexibility index (Phi) is 7.45. The van der Waals surface area contributed by atoms with Crippen molar-refractivity contribution in [3.63, 3.8) is 0 Å². The molecular formula is C26H30N8O2. The first kappa shape index (κ1) is 24.7. The maximum atomic E-state index is 12.2. The SMILES string of the molecule is C=CC(=O)Nc1cc(Nc2cc(-c3cnn4cccnc34)ccn2)c(OC)cc1N(C)CCN(C)C. The zero-order valence-corrected chi connectivity index (χ0v) is 20.9. The molecule has 3 heterocycles. The van der Waals surface area contributed by atoms with Gasteiger partial charge in [-0.1, -0.05) is 6.58 Å². The largest absolute Gasteiger partial charge is 0.494 e. The number of likely N-dealkylation sites (N-methyl/N-ethyl adjacent to an activating group) is 2. The third kappa shape index (κ3) is 5.44. The number of hydrogen-bond acceptors (Lipinski definition) is 8. The first-order chi connectivity index (χ1) is 17.4. The molecule has 0 radical (unpaired) electrons. The fraction of sp³-hybridized carbons (Fsp3) is 0.231. The van der Waals surface area contributed by atoms with Crippen LogP contribution in [0.1, 0.15) is 0 Å². The van der Waals surface area contributed by atoms with E-state index in [9.17, 15) is 4.79 Å². The van der Waals surface area contributed by atoms with Crippen molar-refractivity contribution in [2.45, 2.75) is 0 Å². The van der Waals surface area contributed by atoms with Gasteiger partial charge >= 0.3 is 0 Å². The Hall–Kier alpha value is -4.44. The van der Waals surface area contributed by atoms with E-state index in [1.54, 1.807) is 30.2 Å². The number of fused-ring (bicyclic) bond motifs is 1. The van der Waals surface area contributed by atoms with Crippen LogP contribution in [-0.2, 0) is 4.79 Å².